The monoisotopic (exact) mass is 326 g/mol. The maximum Gasteiger partial charge on any atom is 0.267 e. The largest absolute Gasteiger partial charge is 0.482 e. The topological polar surface area (TPSA) is 50.8 Å². The molecule has 0 aliphatic carbocycles. The summed E-state index contributed by atoms with van der Waals surface area (Å²) >= 11 is 0. The molecule has 1 aromatic rings. The van der Waals surface area contributed by atoms with Crippen molar-refractivity contribution in [3.63, 3.8) is 0 Å². The second-order valence-corrected chi connectivity index (χ2v) is 5.72. The molecule has 0 saturated carbocycles. The average Bonchev–Trinajstić information content (AvgIpc) is 2.53. The second-order valence-electron chi connectivity index (χ2n) is 5.72. The highest BCUT2D eigenvalue weighted by molar-refractivity contribution is 5.85. The average molecular weight is 327 g/mol. The predicted molar refractivity (Wildman–Crippen MR) is 86.9 cm³/mol. The number of para-hydroxylation sites is 2. The van der Waals surface area contributed by atoms with Crippen LogP contribution >= 0.6 is 12.4 Å². The molecule has 122 valence electrons. The number of carbonyl (C=O) groups excluding carboxylic acids is 1. The van der Waals surface area contributed by atoms with Crippen LogP contribution in [0.25, 0.3) is 0 Å². The molecule has 1 aromatic carbocycles. The van der Waals surface area contributed by atoms with Gasteiger partial charge in [-0.1, -0.05) is 12.1 Å². The van der Waals surface area contributed by atoms with Gasteiger partial charge >= 0.3 is 0 Å². The van der Waals surface area contributed by atoms with E-state index < -0.39 is 6.10 Å². The first kappa shape index (κ1) is 16.9. The summed E-state index contributed by atoms with van der Waals surface area (Å²) < 4.78 is 11.7. The molecule has 0 radical (unpaired) electrons. The minimum absolute atomic E-state index is 0. The number of amides is 1. The summed E-state index contributed by atoms with van der Waals surface area (Å²) in [7, 11) is 1.94. The lowest BCUT2D eigenvalue weighted by Gasteiger charge is -2.38. The van der Waals surface area contributed by atoms with Crippen LogP contribution in [0.2, 0.25) is 0 Å². The number of likely N-dealkylation sites (N-methyl/N-ethyl adjacent to an activating group) is 1. The van der Waals surface area contributed by atoms with Crippen LogP contribution in [0.1, 0.15) is 19.8 Å². The third-order valence-corrected chi connectivity index (χ3v) is 4.23. The van der Waals surface area contributed by atoms with Crippen LogP contribution < -0.4 is 14.8 Å². The van der Waals surface area contributed by atoms with Crippen molar-refractivity contribution in [1.29, 1.82) is 0 Å². The predicted octanol–water partition coefficient (Wildman–Crippen LogP) is 1.85. The molecule has 5 nitrogen and oxygen atoms in total. The van der Waals surface area contributed by atoms with Gasteiger partial charge in [0.15, 0.2) is 11.5 Å². The fourth-order valence-corrected chi connectivity index (χ4v) is 2.98. The van der Waals surface area contributed by atoms with Crippen molar-refractivity contribution in [3.8, 4) is 11.5 Å². The molecule has 0 spiro atoms. The maximum atomic E-state index is 12.7. The number of hydrogen-bond donors (Lipinski definition) is 1. The van der Waals surface area contributed by atoms with Crippen LogP contribution in [0, 0.1) is 0 Å². The van der Waals surface area contributed by atoms with Gasteiger partial charge < -0.3 is 19.7 Å². The molecule has 2 heterocycles. The zero-order valence-electron chi connectivity index (χ0n) is 13.0. The van der Waals surface area contributed by atoms with E-state index in [2.05, 4.69) is 5.32 Å². The van der Waals surface area contributed by atoms with E-state index >= 15 is 0 Å². The molecule has 0 bridgehead atoms. The number of hydrogen-bond acceptors (Lipinski definition) is 4. The second kappa shape index (κ2) is 7.20. The van der Waals surface area contributed by atoms with Gasteiger partial charge in [0, 0.05) is 19.1 Å². The molecule has 6 heteroatoms. The zero-order valence-corrected chi connectivity index (χ0v) is 13.8. The minimum atomic E-state index is -0.560. The minimum Gasteiger partial charge on any atom is -0.482 e. The lowest BCUT2D eigenvalue weighted by molar-refractivity contribution is -0.145. The van der Waals surface area contributed by atoms with E-state index in [1.807, 2.05) is 43.1 Å². The number of nitrogens with zero attached hydrogens (tertiary/aromatic N) is 1. The van der Waals surface area contributed by atoms with Crippen LogP contribution in [0.4, 0.5) is 0 Å². The van der Waals surface area contributed by atoms with Gasteiger partial charge in [-0.25, -0.2) is 0 Å². The Balaban J connectivity index is 0.00000176. The Morgan fingerprint density at radius 2 is 1.95 bits per heavy atom. The summed E-state index contributed by atoms with van der Waals surface area (Å²) in [6.45, 7) is 3.42. The Labute approximate surface area is 137 Å². The fraction of sp³-hybridized carbons (Fsp3) is 0.562. The van der Waals surface area contributed by atoms with Gasteiger partial charge in [-0.2, -0.15) is 0 Å². The van der Waals surface area contributed by atoms with Crippen LogP contribution in [0.3, 0.4) is 0 Å². The zero-order chi connectivity index (χ0) is 14.8. The Hall–Kier alpha value is -1.46. The highest BCUT2D eigenvalue weighted by Crippen LogP contribution is 2.34. The van der Waals surface area contributed by atoms with Crippen molar-refractivity contribution < 1.29 is 14.3 Å². The van der Waals surface area contributed by atoms with E-state index in [4.69, 9.17) is 9.47 Å². The third-order valence-electron chi connectivity index (χ3n) is 4.23. The highest BCUT2D eigenvalue weighted by atomic mass is 35.5. The molecule has 3 atom stereocenters. The number of halogens is 1. The van der Waals surface area contributed by atoms with Gasteiger partial charge in [0.1, 0.15) is 6.10 Å². The summed E-state index contributed by atoms with van der Waals surface area (Å²) in [4.78, 5) is 14.6. The molecule has 1 N–H and O–H groups in total. The molecule has 1 fully saturated rings. The van der Waals surface area contributed by atoms with Gasteiger partial charge in [-0.15, -0.1) is 12.4 Å². The number of rotatable bonds is 2. The number of likely N-dealkylation sites (tertiary alicyclic amines) is 1. The number of nitrogens with one attached hydrogen (secondary N) is 1. The molecule has 0 aromatic heterocycles. The van der Waals surface area contributed by atoms with Gasteiger partial charge in [0.2, 0.25) is 6.10 Å². The van der Waals surface area contributed by atoms with E-state index in [0.717, 1.165) is 25.9 Å². The van der Waals surface area contributed by atoms with Gasteiger partial charge in [0.05, 0.1) is 0 Å². The van der Waals surface area contributed by atoms with E-state index in [9.17, 15) is 4.79 Å². The Kier molecular flexibility index (Phi) is 5.53. The number of carbonyl (C=O) groups is 1. The summed E-state index contributed by atoms with van der Waals surface area (Å²) in [6, 6.07) is 7.87. The Morgan fingerprint density at radius 3 is 2.64 bits per heavy atom. The first-order chi connectivity index (χ1) is 10.2. The molecule has 22 heavy (non-hydrogen) atoms. The van der Waals surface area contributed by atoms with Crippen molar-refractivity contribution in [2.24, 2.45) is 0 Å². The maximum absolute atomic E-state index is 12.7. The van der Waals surface area contributed by atoms with E-state index in [0.29, 0.717) is 17.5 Å². The van der Waals surface area contributed by atoms with Gasteiger partial charge in [0.25, 0.3) is 5.91 Å². The number of ether oxygens (including phenoxy) is 2. The molecular weight excluding hydrogens is 304 g/mol. The van der Waals surface area contributed by atoms with E-state index in [1.165, 1.54) is 0 Å². The van der Waals surface area contributed by atoms with Crippen molar-refractivity contribution in [2.75, 3.05) is 20.1 Å². The smallest absolute Gasteiger partial charge is 0.267 e. The SMILES string of the molecule is CNC1CCCN(C(=O)C2Oc3ccccc3OC2C)C1.Cl. The van der Waals surface area contributed by atoms with Crippen LogP contribution in [0.5, 0.6) is 11.5 Å². The Morgan fingerprint density at radius 1 is 1.27 bits per heavy atom. The quantitative estimate of drug-likeness (QED) is 0.901. The normalized spacial score (nSPS) is 27.0. The molecule has 2 aliphatic heterocycles. The first-order valence-electron chi connectivity index (χ1n) is 7.57. The van der Waals surface area contributed by atoms with Crippen LogP contribution in [0.15, 0.2) is 24.3 Å². The van der Waals surface area contributed by atoms with Crippen molar-refractivity contribution in [2.45, 2.75) is 38.0 Å². The van der Waals surface area contributed by atoms with E-state index in [1.54, 1.807) is 0 Å². The lowest BCUT2D eigenvalue weighted by atomic mass is 10.0. The fourth-order valence-electron chi connectivity index (χ4n) is 2.98. The lowest BCUT2D eigenvalue weighted by Crippen LogP contribution is -2.55. The van der Waals surface area contributed by atoms with Crippen molar-refractivity contribution in [3.05, 3.63) is 24.3 Å². The van der Waals surface area contributed by atoms with Gasteiger partial charge in [-0.05, 0) is 38.9 Å². The Bertz CT molecular complexity index is 526. The van der Waals surface area contributed by atoms with Crippen molar-refractivity contribution in [1.82, 2.24) is 10.2 Å². The van der Waals surface area contributed by atoms with Crippen LogP contribution in [-0.4, -0.2) is 49.2 Å². The summed E-state index contributed by atoms with van der Waals surface area (Å²) in [5.74, 6) is 1.38. The standard InChI is InChI=1S/C16H22N2O3.ClH/c1-11-15(21-14-8-4-3-7-13(14)20-11)16(19)18-9-5-6-12(10-18)17-2;/h3-4,7-8,11-12,15,17H,5-6,9-10H2,1-2H3;1H. The first-order valence-corrected chi connectivity index (χ1v) is 7.57. The number of piperidine rings is 1. The van der Waals surface area contributed by atoms with Gasteiger partial charge in [-0.3, -0.25) is 4.79 Å². The van der Waals surface area contributed by atoms with Crippen molar-refractivity contribution >= 4 is 18.3 Å². The van der Waals surface area contributed by atoms with E-state index in [-0.39, 0.29) is 24.4 Å². The third kappa shape index (κ3) is 3.31. The molecule has 1 saturated heterocycles. The molecule has 3 rings (SSSR count). The molecule has 3 unspecified atom stereocenters. The summed E-state index contributed by atoms with van der Waals surface area (Å²) in [5.41, 5.74) is 0. The number of fused-ring (bicyclic) bond motifs is 1. The van der Waals surface area contributed by atoms with Crippen LogP contribution in [-0.2, 0) is 4.79 Å². The highest BCUT2D eigenvalue weighted by Gasteiger charge is 2.37. The molecule has 2 aliphatic rings. The summed E-state index contributed by atoms with van der Waals surface area (Å²) in [5, 5.41) is 3.25. The number of benzene rings is 1. The molecule has 1 amide bonds. The molecular formula is C16H23ClN2O3. The summed E-state index contributed by atoms with van der Waals surface area (Å²) in [6.07, 6.45) is 1.30.